The third-order valence-corrected chi connectivity index (χ3v) is 4.74. The van der Waals surface area contributed by atoms with Crippen LogP contribution in [0, 0.1) is 5.82 Å². The van der Waals surface area contributed by atoms with Crippen LogP contribution in [0.3, 0.4) is 0 Å². The number of nitrogens with zero attached hydrogens (tertiary/aromatic N) is 3. The Morgan fingerprint density at radius 1 is 1.30 bits per heavy atom. The maximum Gasteiger partial charge on any atom is 0.332 e. The van der Waals surface area contributed by atoms with Gasteiger partial charge in [0.05, 0.1) is 11.4 Å². The Morgan fingerprint density at radius 2 is 2.07 bits per heavy atom. The lowest BCUT2D eigenvalue weighted by Crippen LogP contribution is -2.28. The molecule has 0 saturated carbocycles. The summed E-state index contributed by atoms with van der Waals surface area (Å²) in [4.78, 5) is 22.6. The van der Waals surface area contributed by atoms with Gasteiger partial charge in [0.2, 0.25) is 0 Å². The quantitative estimate of drug-likeness (QED) is 0.753. The van der Waals surface area contributed by atoms with Gasteiger partial charge in [0, 0.05) is 30.5 Å². The number of rotatable bonds is 4. The fraction of sp³-hybridized carbons (Fsp3) is 0.250. The first-order valence-electron chi connectivity index (χ1n) is 8.60. The summed E-state index contributed by atoms with van der Waals surface area (Å²) >= 11 is 0. The average molecular weight is 367 g/mol. The van der Waals surface area contributed by atoms with Crippen molar-refractivity contribution in [3.63, 3.8) is 0 Å². The molecule has 3 aromatic rings. The number of anilines is 1. The minimum Gasteiger partial charge on any atom is -0.478 e. The number of aliphatic carboxylic acids is 1. The lowest BCUT2D eigenvalue weighted by molar-refractivity contribution is -0.132. The Kier molecular flexibility index (Phi) is 3.95. The molecule has 27 heavy (non-hydrogen) atoms. The number of carboxylic acid groups (broad SMARTS) is 1. The van der Waals surface area contributed by atoms with Gasteiger partial charge in [-0.25, -0.2) is 19.2 Å². The van der Waals surface area contributed by atoms with Crippen LogP contribution < -0.4 is 4.90 Å². The van der Waals surface area contributed by atoms with Gasteiger partial charge in [-0.05, 0) is 44.2 Å². The molecule has 0 fully saturated rings. The van der Waals surface area contributed by atoms with Gasteiger partial charge in [-0.15, -0.1) is 0 Å². The highest BCUT2D eigenvalue weighted by Crippen LogP contribution is 2.35. The largest absolute Gasteiger partial charge is 0.478 e. The highest BCUT2D eigenvalue weighted by molar-refractivity contribution is 5.95. The van der Waals surface area contributed by atoms with E-state index >= 15 is 0 Å². The van der Waals surface area contributed by atoms with Crippen LogP contribution in [0.5, 0.6) is 0 Å². The predicted octanol–water partition coefficient (Wildman–Crippen LogP) is 3.90. The summed E-state index contributed by atoms with van der Waals surface area (Å²) in [7, 11) is 1.90. The molecule has 0 bridgehead atoms. The second kappa shape index (κ2) is 6.19. The summed E-state index contributed by atoms with van der Waals surface area (Å²) in [6, 6.07) is 6.18. The zero-order valence-electron chi connectivity index (χ0n) is 15.2. The predicted molar refractivity (Wildman–Crippen MR) is 100 cm³/mol. The standard InChI is InChI=1S/C20H18FN3O3/c1-10(2)24(3)19-18(17-9-11-6-13(21)4-5-16(11)27-17)22-14-7-12(20(25)26)8-15(14)23-19/h4-7,9-10H,8H2,1-3H3,(H,25,26). The Bertz CT molecular complexity index is 1100. The van der Waals surface area contributed by atoms with Crippen LogP contribution in [0.4, 0.5) is 10.2 Å². The molecule has 1 N–H and O–H groups in total. The van der Waals surface area contributed by atoms with Gasteiger partial charge in [0.15, 0.2) is 11.6 Å². The van der Waals surface area contributed by atoms with Crippen molar-refractivity contribution in [2.45, 2.75) is 26.3 Å². The molecule has 0 saturated heterocycles. The van der Waals surface area contributed by atoms with Gasteiger partial charge in [0.25, 0.3) is 0 Å². The fourth-order valence-electron chi connectivity index (χ4n) is 3.04. The second-order valence-corrected chi connectivity index (χ2v) is 6.88. The molecule has 2 heterocycles. The van der Waals surface area contributed by atoms with Crippen LogP contribution in [-0.2, 0) is 11.2 Å². The Hall–Kier alpha value is -3.22. The molecular formula is C20H18FN3O3. The van der Waals surface area contributed by atoms with E-state index in [-0.39, 0.29) is 23.9 Å². The normalized spacial score (nSPS) is 13.1. The van der Waals surface area contributed by atoms with Gasteiger partial charge >= 0.3 is 5.97 Å². The number of halogens is 1. The number of benzene rings is 1. The molecule has 6 nitrogen and oxygen atoms in total. The Balaban J connectivity index is 1.91. The summed E-state index contributed by atoms with van der Waals surface area (Å²) in [5.41, 5.74) is 2.46. The summed E-state index contributed by atoms with van der Waals surface area (Å²) in [5, 5.41) is 9.90. The topological polar surface area (TPSA) is 79.5 Å². The number of carbonyl (C=O) groups is 1. The molecule has 0 atom stereocenters. The average Bonchev–Trinajstić information content (AvgIpc) is 3.22. The van der Waals surface area contributed by atoms with Crippen LogP contribution in [-0.4, -0.2) is 34.1 Å². The van der Waals surface area contributed by atoms with E-state index in [4.69, 9.17) is 4.42 Å². The lowest BCUT2D eigenvalue weighted by Gasteiger charge is -2.24. The number of aromatic nitrogens is 2. The molecule has 0 amide bonds. The van der Waals surface area contributed by atoms with E-state index in [1.165, 1.54) is 18.2 Å². The number of carboxylic acids is 1. The van der Waals surface area contributed by atoms with Crippen LogP contribution in [0.15, 0.2) is 34.3 Å². The van der Waals surface area contributed by atoms with E-state index in [2.05, 4.69) is 9.97 Å². The van der Waals surface area contributed by atoms with Crippen molar-refractivity contribution in [2.75, 3.05) is 11.9 Å². The van der Waals surface area contributed by atoms with E-state index in [1.54, 1.807) is 12.1 Å². The smallest absolute Gasteiger partial charge is 0.332 e. The fourth-order valence-corrected chi connectivity index (χ4v) is 3.04. The number of furan rings is 1. The van der Waals surface area contributed by atoms with Crippen molar-refractivity contribution < 1.29 is 18.7 Å². The SMILES string of the molecule is CC(C)N(C)c1nc2c(nc1-c1cc3cc(F)ccc3o1)C=C(C(=O)O)C2. The number of hydrogen-bond donors (Lipinski definition) is 1. The zero-order chi connectivity index (χ0) is 19.3. The van der Waals surface area contributed by atoms with Gasteiger partial charge < -0.3 is 14.4 Å². The number of fused-ring (bicyclic) bond motifs is 2. The molecule has 1 aliphatic carbocycles. The molecule has 0 spiro atoms. The maximum absolute atomic E-state index is 13.5. The minimum atomic E-state index is -0.977. The molecule has 1 aliphatic rings. The van der Waals surface area contributed by atoms with Gasteiger partial charge in [-0.3, -0.25) is 0 Å². The first-order chi connectivity index (χ1) is 12.8. The summed E-state index contributed by atoms with van der Waals surface area (Å²) in [6.07, 6.45) is 1.78. The van der Waals surface area contributed by atoms with E-state index < -0.39 is 5.97 Å². The van der Waals surface area contributed by atoms with E-state index in [0.717, 1.165) is 0 Å². The van der Waals surface area contributed by atoms with Gasteiger partial charge in [-0.1, -0.05) is 0 Å². The highest BCUT2D eigenvalue weighted by Gasteiger charge is 2.26. The molecular weight excluding hydrogens is 349 g/mol. The van der Waals surface area contributed by atoms with Crippen molar-refractivity contribution in [1.82, 2.24) is 9.97 Å². The molecule has 4 rings (SSSR count). The summed E-state index contributed by atoms with van der Waals surface area (Å²) < 4.78 is 19.4. The second-order valence-electron chi connectivity index (χ2n) is 6.88. The van der Waals surface area contributed by atoms with Gasteiger partial charge in [-0.2, -0.15) is 0 Å². The molecule has 1 aromatic carbocycles. The third-order valence-electron chi connectivity index (χ3n) is 4.74. The molecule has 2 aromatic heterocycles. The number of hydrogen-bond acceptors (Lipinski definition) is 5. The third kappa shape index (κ3) is 2.95. The highest BCUT2D eigenvalue weighted by atomic mass is 19.1. The summed E-state index contributed by atoms with van der Waals surface area (Å²) in [6.45, 7) is 4.04. The Morgan fingerprint density at radius 3 is 2.78 bits per heavy atom. The van der Waals surface area contributed by atoms with Crippen molar-refractivity contribution >= 4 is 28.8 Å². The van der Waals surface area contributed by atoms with Crippen LogP contribution in [0.2, 0.25) is 0 Å². The Labute approximate surface area is 155 Å². The first-order valence-corrected chi connectivity index (χ1v) is 8.60. The van der Waals surface area contributed by atoms with E-state index in [9.17, 15) is 14.3 Å². The summed E-state index contributed by atoms with van der Waals surface area (Å²) in [5.74, 6) is -0.258. The monoisotopic (exact) mass is 367 g/mol. The maximum atomic E-state index is 13.5. The van der Waals surface area contributed by atoms with Crippen LogP contribution >= 0.6 is 0 Å². The van der Waals surface area contributed by atoms with Crippen molar-refractivity contribution in [2.24, 2.45) is 0 Å². The molecule has 7 heteroatoms. The van der Waals surface area contributed by atoms with Crippen LogP contribution in [0.25, 0.3) is 28.5 Å². The molecule has 138 valence electrons. The minimum absolute atomic E-state index is 0.145. The molecule has 0 radical (unpaired) electrons. The van der Waals surface area contributed by atoms with E-state index in [0.29, 0.717) is 39.6 Å². The van der Waals surface area contributed by atoms with Gasteiger partial charge in [0.1, 0.15) is 17.1 Å². The molecule has 0 aliphatic heterocycles. The van der Waals surface area contributed by atoms with E-state index in [1.807, 2.05) is 25.8 Å². The zero-order valence-corrected chi connectivity index (χ0v) is 15.2. The van der Waals surface area contributed by atoms with Crippen LogP contribution in [0.1, 0.15) is 25.2 Å². The molecule has 0 unspecified atom stereocenters. The lowest BCUT2D eigenvalue weighted by atomic mass is 10.2. The van der Waals surface area contributed by atoms with Crippen molar-refractivity contribution in [3.8, 4) is 11.5 Å². The van der Waals surface area contributed by atoms with Crippen molar-refractivity contribution in [1.29, 1.82) is 0 Å². The first kappa shape index (κ1) is 17.2. The van der Waals surface area contributed by atoms with Crippen molar-refractivity contribution in [3.05, 3.63) is 47.0 Å².